The van der Waals surface area contributed by atoms with Crippen molar-refractivity contribution in [2.24, 2.45) is 0 Å². The van der Waals surface area contributed by atoms with Crippen molar-refractivity contribution in [3.05, 3.63) is 46.5 Å². The van der Waals surface area contributed by atoms with E-state index in [1.807, 2.05) is 6.08 Å². The van der Waals surface area contributed by atoms with Crippen molar-refractivity contribution in [1.82, 2.24) is 0 Å². The maximum atomic E-state index is 12.5. The second-order valence-electron chi connectivity index (χ2n) is 6.06. The van der Waals surface area contributed by atoms with Crippen molar-refractivity contribution in [2.75, 3.05) is 0 Å². The molecule has 0 aromatic heterocycles. The van der Waals surface area contributed by atoms with Gasteiger partial charge in [0, 0.05) is 24.5 Å². The third kappa shape index (κ3) is 3.86. The van der Waals surface area contributed by atoms with E-state index < -0.39 is 23.6 Å². The Morgan fingerprint density at radius 3 is 2.72 bits per heavy atom. The molecule has 6 nitrogen and oxygen atoms in total. The van der Waals surface area contributed by atoms with Gasteiger partial charge in [-0.25, -0.2) is 4.79 Å². The molecule has 0 saturated carbocycles. The fraction of sp³-hybridized carbons (Fsp3) is 0.333. The van der Waals surface area contributed by atoms with Crippen molar-refractivity contribution in [3.63, 3.8) is 0 Å². The molecule has 0 bridgehead atoms. The Morgan fingerprint density at radius 1 is 1.20 bits per heavy atom. The molecule has 2 heterocycles. The topological polar surface area (TPSA) is 96.4 Å². The Bertz CT molecular complexity index is 782. The molecule has 2 N–H and O–H groups in total. The molecule has 3 rings (SSSR count). The van der Waals surface area contributed by atoms with Gasteiger partial charge in [0.25, 0.3) is 0 Å². The number of epoxide rings is 1. The number of hydrogen-bond donors (Lipinski definition) is 2. The van der Waals surface area contributed by atoms with Gasteiger partial charge in [0.2, 0.25) is 0 Å². The Balaban J connectivity index is 2.01. The van der Waals surface area contributed by atoms with Crippen LogP contribution in [0.2, 0.25) is 5.02 Å². The van der Waals surface area contributed by atoms with Crippen molar-refractivity contribution in [2.45, 2.75) is 38.1 Å². The minimum atomic E-state index is -0.802. The van der Waals surface area contributed by atoms with Crippen LogP contribution in [0.3, 0.4) is 0 Å². The zero-order valence-corrected chi connectivity index (χ0v) is 14.2. The van der Waals surface area contributed by atoms with Gasteiger partial charge in [-0.1, -0.05) is 29.8 Å². The van der Waals surface area contributed by atoms with Gasteiger partial charge in [-0.3, -0.25) is 4.79 Å². The normalized spacial score (nSPS) is 29.0. The highest BCUT2D eigenvalue weighted by atomic mass is 35.5. The molecule has 0 aliphatic carbocycles. The quantitative estimate of drug-likeness (QED) is 0.542. The number of fused-ring (bicyclic) bond motifs is 2. The highest BCUT2D eigenvalue weighted by molar-refractivity contribution is 6.33. The molecule has 2 aliphatic rings. The van der Waals surface area contributed by atoms with Gasteiger partial charge in [-0.2, -0.15) is 0 Å². The van der Waals surface area contributed by atoms with E-state index in [9.17, 15) is 19.8 Å². The standard InChI is InChI=1S/C18H17ClO6/c1-9-6-15-14(25-15)5-3-2-4-10(20)7-11-16(18(23)24-9)12(21)8-13(22)17(11)19/h2-5,8-9,14-15,21-22H,6-7H2,1H3/b4-2+,5-3-/t9-,14-,15?/m1/s1. The van der Waals surface area contributed by atoms with Gasteiger partial charge < -0.3 is 19.7 Å². The van der Waals surface area contributed by atoms with Crippen molar-refractivity contribution in [1.29, 1.82) is 0 Å². The largest absolute Gasteiger partial charge is 0.507 e. The summed E-state index contributed by atoms with van der Waals surface area (Å²) in [7, 11) is 0. The summed E-state index contributed by atoms with van der Waals surface area (Å²) in [6.45, 7) is 1.72. The number of hydrogen-bond acceptors (Lipinski definition) is 6. The maximum Gasteiger partial charge on any atom is 0.342 e. The number of esters is 1. The van der Waals surface area contributed by atoms with Gasteiger partial charge >= 0.3 is 5.97 Å². The number of carbonyl (C=O) groups excluding carboxylic acids is 2. The van der Waals surface area contributed by atoms with Crippen LogP contribution in [0.25, 0.3) is 0 Å². The van der Waals surface area contributed by atoms with Crippen molar-refractivity contribution < 1.29 is 29.3 Å². The van der Waals surface area contributed by atoms with Gasteiger partial charge in [-0.05, 0) is 13.0 Å². The van der Waals surface area contributed by atoms with E-state index in [1.54, 1.807) is 19.1 Å². The van der Waals surface area contributed by atoms with Gasteiger partial charge in [0.15, 0.2) is 5.78 Å². The zero-order valence-electron chi connectivity index (χ0n) is 13.4. The van der Waals surface area contributed by atoms with Gasteiger partial charge in [0.1, 0.15) is 29.3 Å². The highest BCUT2D eigenvalue weighted by Crippen LogP contribution is 2.37. The molecule has 25 heavy (non-hydrogen) atoms. The molecule has 132 valence electrons. The van der Waals surface area contributed by atoms with Crippen LogP contribution in [-0.2, 0) is 20.7 Å². The Kier molecular flexibility index (Phi) is 4.83. The first-order chi connectivity index (χ1) is 11.9. The van der Waals surface area contributed by atoms with E-state index in [4.69, 9.17) is 21.1 Å². The van der Waals surface area contributed by atoms with E-state index in [-0.39, 0.29) is 40.6 Å². The Labute approximate surface area is 149 Å². The summed E-state index contributed by atoms with van der Waals surface area (Å²) in [6, 6.07) is 0.958. The predicted octanol–water partition coefficient (Wildman–Crippen LogP) is 2.69. The minimum absolute atomic E-state index is 0.0348. The second kappa shape index (κ2) is 6.90. The summed E-state index contributed by atoms with van der Waals surface area (Å²) in [5.74, 6) is -2.04. The number of phenolic OH excluding ortho intramolecular Hbond substituents is 2. The first-order valence-electron chi connectivity index (χ1n) is 7.84. The maximum absolute atomic E-state index is 12.5. The van der Waals surface area contributed by atoms with Crippen LogP contribution in [0.1, 0.15) is 29.3 Å². The number of ether oxygens (including phenoxy) is 2. The average molecular weight is 365 g/mol. The number of carbonyl (C=O) groups is 2. The number of phenols is 2. The summed E-state index contributed by atoms with van der Waals surface area (Å²) < 4.78 is 10.8. The van der Waals surface area contributed by atoms with Crippen LogP contribution in [-0.4, -0.2) is 40.3 Å². The lowest BCUT2D eigenvalue weighted by Crippen LogP contribution is -2.19. The lowest BCUT2D eigenvalue weighted by molar-refractivity contribution is -0.114. The zero-order chi connectivity index (χ0) is 18.1. The Hall–Kier alpha value is -2.31. The summed E-state index contributed by atoms with van der Waals surface area (Å²) in [5, 5.41) is 19.7. The number of halogens is 1. The Morgan fingerprint density at radius 2 is 1.96 bits per heavy atom. The number of ketones is 1. The van der Waals surface area contributed by atoms with Crippen LogP contribution in [0.5, 0.6) is 11.5 Å². The fourth-order valence-electron chi connectivity index (χ4n) is 2.78. The SMILES string of the molecule is C[C@@H]1CC2O[C@@H]2/C=C\C=C\C(=O)Cc2c(Cl)c(O)cc(O)c2C(=O)O1. The van der Waals surface area contributed by atoms with E-state index in [0.717, 1.165) is 6.07 Å². The predicted molar refractivity (Wildman–Crippen MR) is 89.9 cm³/mol. The average Bonchev–Trinajstić information content (AvgIpc) is 3.25. The molecule has 7 heteroatoms. The first kappa shape index (κ1) is 17.5. The second-order valence-corrected chi connectivity index (χ2v) is 6.44. The van der Waals surface area contributed by atoms with Crippen LogP contribution in [0.15, 0.2) is 30.4 Å². The minimum Gasteiger partial charge on any atom is -0.507 e. The van der Waals surface area contributed by atoms with Crippen LogP contribution < -0.4 is 0 Å². The first-order valence-corrected chi connectivity index (χ1v) is 8.22. The molecule has 2 aliphatic heterocycles. The van der Waals surface area contributed by atoms with Crippen LogP contribution >= 0.6 is 11.6 Å². The smallest absolute Gasteiger partial charge is 0.342 e. The monoisotopic (exact) mass is 364 g/mol. The molecule has 1 aromatic carbocycles. The molecular formula is C18H17ClO6. The molecule has 0 spiro atoms. The lowest BCUT2D eigenvalue weighted by atomic mass is 10.00. The number of benzene rings is 1. The van der Waals surface area contributed by atoms with E-state index in [1.165, 1.54) is 6.08 Å². The summed E-state index contributed by atoms with van der Waals surface area (Å²) in [4.78, 5) is 24.6. The molecular weight excluding hydrogens is 348 g/mol. The number of cyclic esters (lactones) is 1. The molecule has 0 radical (unpaired) electrons. The van der Waals surface area contributed by atoms with E-state index in [2.05, 4.69) is 0 Å². The summed E-state index contributed by atoms with van der Waals surface area (Å²) in [6.07, 6.45) is 6.13. The fourth-order valence-corrected chi connectivity index (χ4v) is 3.00. The summed E-state index contributed by atoms with van der Waals surface area (Å²) >= 11 is 6.05. The third-order valence-electron chi connectivity index (χ3n) is 4.06. The van der Waals surface area contributed by atoms with E-state index >= 15 is 0 Å². The highest BCUT2D eigenvalue weighted by Gasteiger charge is 2.38. The van der Waals surface area contributed by atoms with Gasteiger partial charge in [0.05, 0.1) is 11.1 Å². The van der Waals surface area contributed by atoms with E-state index in [0.29, 0.717) is 6.42 Å². The van der Waals surface area contributed by atoms with Gasteiger partial charge in [-0.15, -0.1) is 0 Å². The molecule has 1 aromatic rings. The molecule has 1 unspecified atom stereocenters. The third-order valence-corrected chi connectivity index (χ3v) is 4.49. The van der Waals surface area contributed by atoms with Crippen LogP contribution in [0, 0.1) is 0 Å². The number of rotatable bonds is 0. The van der Waals surface area contributed by atoms with Crippen molar-refractivity contribution >= 4 is 23.4 Å². The molecule has 3 atom stereocenters. The molecule has 1 saturated heterocycles. The number of aromatic hydroxyl groups is 2. The lowest BCUT2D eigenvalue weighted by Gasteiger charge is -2.16. The summed E-state index contributed by atoms with van der Waals surface area (Å²) in [5.41, 5.74) is -0.176. The molecule has 1 fully saturated rings. The van der Waals surface area contributed by atoms with Crippen LogP contribution in [0.4, 0.5) is 0 Å². The molecule has 0 amide bonds. The van der Waals surface area contributed by atoms with Crippen molar-refractivity contribution in [3.8, 4) is 11.5 Å². The number of allylic oxidation sites excluding steroid dienone is 3.